The molecular weight excluding hydrogens is 809 g/mol. The molecule has 0 atom stereocenters. The Bertz CT molecular complexity index is 2170. The first-order chi connectivity index (χ1) is 28.9. The van der Waals surface area contributed by atoms with Gasteiger partial charge in [-0.25, -0.2) is 16.8 Å². The first-order valence-electron chi connectivity index (χ1n) is 19.1. The monoisotopic (exact) mass is 860 g/mol. The highest BCUT2D eigenvalue weighted by Gasteiger charge is 2.29. The molecule has 0 unspecified atom stereocenters. The summed E-state index contributed by atoms with van der Waals surface area (Å²) in [4.78, 5) is 0. The van der Waals surface area contributed by atoms with Gasteiger partial charge >= 0.3 is 0 Å². The minimum absolute atomic E-state index is 0.0537. The van der Waals surface area contributed by atoms with E-state index in [1.165, 1.54) is 19.4 Å². The van der Waals surface area contributed by atoms with Crippen LogP contribution in [-0.2, 0) is 59.3 Å². The third-order valence-electron chi connectivity index (χ3n) is 9.29. The third kappa shape index (κ3) is 12.2. The van der Waals surface area contributed by atoms with E-state index in [1.54, 1.807) is 75.8 Å². The minimum Gasteiger partial charge on any atom is -0.497 e. The molecule has 0 aliphatic rings. The van der Waals surface area contributed by atoms with Crippen LogP contribution in [0.4, 0.5) is 0 Å². The van der Waals surface area contributed by atoms with E-state index < -0.39 is 20.0 Å². The number of aromatic nitrogens is 4. The van der Waals surface area contributed by atoms with Crippen molar-refractivity contribution in [3.8, 4) is 23.0 Å². The van der Waals surface area contributed by atoms with E-state index in [9.17, 15) is 16.8 Å². The summed E-state index contributed by atoms with van der Waals surface area (Å²) in [6, 6.07) is 32.3. The molecule has 0 amide bonds. The number of benzene rings is 4. The summed E-state index contributed by atoms with van der Waals surface area (Å²) >= 11 is 0. The van der Waals surface area contributed by atoms with Gasteiger partial charge in [-0.3, -0.25) is 9.36 Å². The summed E-state index contributed by atoms with van der Waals surface area (Å²) in [7, 11) is -1.29. The Morgan fingerprint density at radius 3 is 1.02 bits per heavy atom. The lowest BCUT2D eigenvalue weighted by atomic mass is 10.2. The molecule has 320 valence electrons. The van der Waals surface area contributed by atoms with E-state index >= 15 is 0 Å². The van der Waals surface area contributed by atoms with Gasteiger partial charge in [0.25, 0.3) is 20.0 Å². The van der Waals surface area contributed by atoms with Crippen molar-refractivity contribution in [2.45, 2.75) is 62.7 Å². The maximum Gasteiger partial charge on any atom is 0.262 e. The molecule has 15 nitrogen and oxygen atoms in total. The summed E-state index contributed by atoms with van der Waals surface area (Å²) in [6.07, 6.45) is 4.12. The average molecular weight is 861 g/mol. The number of aliphatic hydroxyl groups is 1. The largest absolute Gasteiger partial charge is 0.497 e. The predicted octanol–water partition coefficient (Wildman–Crippen LogP) is 5.99. The van der Waals surface area contributed by atoms with E-state index in [0.29, 0.717) is 18.0 Å². The lowest BCUT2D eigenvalue weighted by Gasteiger charge is -2.21. The van der Waals surface area contributed by atoms with Crippen molar-refractivity contribution in [2.75, 3.05) is 35.0 Å². The number of aryl methyl sites for hydroxylation is 1. The van der Waals surface area contributed by atoms with Gasteiger partial charge in [0.05, 0.1) is 41.6 Å². The number of methoxy groups -OCH3 is 4. The highest BCUT2D eigenvalue weighted by atomic mass is 32.2. The van der Waals surface area contributed by atoms with Gasteiger partial charge in [-0.1, -0.05) is 55.5 Å². The van der Waals surface area contributed by atoms with Crippen LogP contribution in [-0.4, -0.2) is 85.2 Å². The maximum atomic E-state index is 13.4. The zero-order valence-electron chi connectivity index (χ0n) is 34.4. The zero-order chi connectivity index (χ0) is 43.1. The fraction of sp³-hybridized carbons (Fsp3) is 0.302. The second-order valence-corrected chi connectivity index (χ2v) is 17.3. The summed E-state index contributed by atoms with van der Waals surface area (Å²) in [6.45, 7) is 3.59. The van der Waals surface area contributed by atoms with Gasteiger partial charge in [0, 0.05) is 45.1 Å². The van der Waals surface area contributed by atoms with Crippen LogP contribution in [0, 0.1) is 0 Å². The fourth-order valence-electron chi connectivity index (χ4n) is 6.00. The van der Waals surface area contributed by atoms with E-state index in [4.69, 9.17) is 24.1 Å². The molecule has 6 rings (SSSR count). The molecule has 0 aliphatic carbocycles. The lowest BCUT2D eigenvalue weighted by molar-refractivity contribution is 0.268. The SMILES string of the molecule is CCCn1ccc(S(=O)(=O)N(Cc2ccc(OC)cc2)Cc2ccc(OC)cc2)n1.COc1ccc(CN(Cc2ccc(OC)cc2)S(=O)(=O)c2ccn(CCO)n2)cc1. The standard InChI is InChI=1S/C22H27N3O4S.C21H25N3O5S/c1-4-14-24-15-13-22(23-24)30(26,27)25(16-18-5-9-20(28-2)10-6-18)17-19-7-11-21(29-3)12-8-19;1-28-19-7-3-17(4-8-19)15-24(16-18-5-9-20(29-2)10-6-18)30(26,27)21-11-12-23(22-21)13-14-25/h5-13,15H,4,14,16-17H2,1-3H3;3-12,25H,13-16H2,1-2H3. The van der Waals surface area contributed by atoms with Crippen molar-refractivity contribution in [1.82, 2.24) is 28.2 Å². The molecule has 0 saturated carbocycles. The van der Waals surface area contributed by atoms with Crippen LogP contribution in [0.3, 0.4) is 0 Å². The molecule has 4 aromatic carbocycles. The van der Waals surface area contributed by atoms with Crippen molar-refractivity contribution in [1.29, 1.82) is 0 Å². The van der Waals surface area contributed by atoms with Crippen LogP contribution in [0.1, 0.15) is 35.6 Å². The summed E-state index contributed by atoms with van der Waals surface area (Å²) < 4.78 is 80.1. The predicted molar refractivity (Wildman–Crippen MR) is 227 cm³/mol. The Balaban J connectivity index is 0.000000228. The first-order valence-corrected chi connectivity index (χ1v) is 22.0. The third-order valence-corrected chi connectivity index (χ3v) is 12.7. The Kier molecular flexibility index (Phi) is 16.3. The molecule has 0 bridgehead atoms. The highest BCUT2D eigenvalue weighted by molar-refractivity contribution is 7.89. The second-order valence-electron chi connectivity index (χ2n) is 13.5. The van der Waals surface area contributed by atoms with Crippen LogP contribution >= 0.6 is 0 Å². The molecule has 17 heteroatoms. The Morgan fingerprint density at radius 1 is 0.483 bits per heavy atom. The maximum absolute atomic E-state index is 13.4. The van der Waals surface area contributed by atoms with Crippen molar-refractivity contribution < 1.29 is 40.9 Å². The number of aliphatic hydroxyl groups excluding tert-OH is 1. The van der Waals surface area contributed by atoms with Crippen molar-refractivity contribution in [3.63, 3.8) is 0 Å². The molecule has 2 aromatic heterocycles. The van der Waals surface area contributed by atoms with Gasteiger partial charge in [-0.05, 0) is 89.3 Å². The topological polar surface area (TPSA) is 168 Å². The van der Waals surface area contributed by atoms with Crippen LogP contribution in [0.2, 0.25) is 0 Å². The Morgan fingerprint density at radius 2 is 0.767 bits per heavy atom. The van der Waals surface area contributed by atoms with Crippen LogP contribution in [0.5, 0.6) is 23.0 Å². The van der Waals surface area contributed by atoms with Crippen molar-refractivity contribution >= 4 is 20.0 Å². The number of hydrogen-bond acceptors (Lipinski definition) is 11. The van der Waals surface area contributed by atoms with Crippen LogP contribution in [0.15, 0.2) is 132 Å². The fourth-order valence-corrected chi connectivity index (χ4v) is 8.68. The molecule has 0 spiro atoms. The second kappa shape index (κ2) is 21.5. The number of sulfonamides is 2. The molecule has 0 radical (unpaired) electrons. The van der Waals surface area contributed by atoms with Crippen molar-refractivity contribution in [2.24, 2.45) is 0 Å². The minimum atomic E-state index is -3.87. The summed E-state index contributed by atoms with van der Waals surface area (Å²) in [5, 5.41) is 17.5. The molecule has 1 N–H and O–H groups in total. The highest BCUT2D eigenvalue weighted by Crippen LogP contribution is 2.25. The smallest absolute Gasteiger partial charge is 0.262 e. The molecule has 60 heavy (non-hydrogen) atoms. The van der Waals surface area contributed by atoms with E-state index in [-0.39, 0.29) is 49.4 Å². The van der Waals surface area contributed by atoms with Gasteiger partial charge in [-0.2, -0.15) is 18.8 Å². The van der Waals surface area contributed by atoms with E-state index in [1.807, 2.05) is 79.7 Å². The summed E-state index contributed by atoms with van der Waals surface area (Å²) in [5.41, 5.74) is 3.37. The average Bonchev–Trinajstić information content (AvgIpc) is 3.96. The number of nitrogens with zero attached hydrogens (tertiary/aromatic N) is 6. The van der Waals surface area contributed by atoms with Crippen LogP contribution < -0.4 is 18.9 Å². The zero-order valence-corrected chi connectivity index (χ0v) is 36.0. The van der Waals surface area contributed by atoms with Gasteiger partial charge in [0.15, 0.2) is 10.1 Å². The Hall–Kier alpha value is -5.72. The van der Waals surface area contributed by atoms with Crippen molar-refractivity contribution in [3.05, 3.63) is 144 Å². The summed E-state index contributed by atoms with van der Waals surface area (Å²) in [5.74, 6) is 2.85. The van der Waals surface area contributed by atoms with Crippen LogP contribution in [0.25, 0.3) is 0 Å². The molecule has 0 fully saturated rings. The number of ether oxygens (including phenoxy) is 4. The van der Waals surface area contributed by atoms with Gasteiger partial charge < -0.3 is 24.1 Å². The molecule has 2 heterocycles. The van der Waals surface area contributed by atoms with E-state index in [0.717, 1.165) is 40.2 Å². The molecule has 6 aromatic rings. The Labute approximate surface area is 352 Å². The van der Waals surface area contributed by atoms with Gasteiger partial charge in [0.2, 0.25) is 0 Å². The number of hydrogen-bond donors (Lipinski definition) is 1. The first kappa shape index (κ1) is 45.4. The molecule has 0 aliphatic heterocycles. The molecular formula is C43H52N6O9S2. The van der Waals surface area contributed by atoms with E-state index in [2.05, 4.69) is 10.2 Å². The number of rotatable bonds is 20. The normalized spacial score (nSPS) is 11.6. The molecule has 0 saturated heterocycles. The van der Waals surface area contributed by atoms with Gasteiger partial charge in [0.1, 0.15) is 23.0 Å². The van der Waals surface area contributed by atoms with Gasteiger partial charge in [-0.15, -0.1) is 0 Å². The lowest BCUT2D eigenvalue weighted by Crippen LogP contribution is -2.30. The quantitative estimate of drug-likeness (QED) is 0.0959.